The van der Waals surface area contributed by atoms with Gasteiger partial charge in [-0.2, -0.15) is 0 Å². The van der Waals surface area contributed by atoms with Crippen molar-refractivity contribution in [2.24, 2.45) is 0 Å². The van der Waals surface area contributed by atoms with E-state index in [1.54, 1.807) is 39.0 Å². The van der Waals surface area contributed by atoms with E-state index < -0.39 is 17.9 Å². The van der Waals surface area contributed by atoms with Gasteiger partial charge in [0, 0.05) is 5.70 Å². The third kappa shape index (κ3) is 6.75. The van der Waals surface area contributed by atoms with Crippen LogP contribution in [0.5, 0.6) is 0 Å². The van der Waals surface area contributed by atoms with Crippen molar-refractivity contribution in [1.29, 1.82) is 0 Å². The summed E-state index contributed by atoms with van der Waals surface area (Å²) in [5.74, 6) is 2.40. The van der Waals surface area contributed by atoms with Gasteiger partial charge >= 0.3 is 11.9 Å². The highest BCUT2D eigenvalue weighted by Gasteiger charge is 2.26. The molecule has 0 spiro atoms. The lowest BCUT2D eigenvalue weighted by molar-refractivity contribution is -0.145. The van der Waals surface area contributed by atoms with Crippen molar-refractivity contribution in [2.75, 3.05) is 0 Å². The predicted octanol–water partition coefficient (Wildman–Crippen LogP) is 2.04. The normalized spacial score (nSPS) is 11.6. The third-order valence-electron chi connectivity index (χ3n) is 2.00. The molecule has 4 heteroatoms. The highest BCUT2D eigenvalue weighted by atomic mass is 16.4. The van der Waals surface area contributed by atoms with Gasteiger partial charge < -0.3 is 5.11 Å². The molecule has 1 unspecified atom stereocenters. The number of amides is 1. The highest BCUT2D eigenvalue weighted by molar-refractivity contribution is 5.97. The molecule has 0 aromatic carbocycles. The summed E-state index contributed by atoms with van der Waals surface area (Å²) >= 11 is 0. The maximum atomic E-state index is 11.5. The Hall–Kier alpha value is -2.46. The van der Waals surface area contributed by atoms with Gasteiger partial charge in [0.25, 0.3) is 0 Å². The Morgan fingerprint density at radius 2 is 1.79 bits per heavy atom. The van der Waals surface area contributed by atoms with Gasteiger partial charge in [0.05, 0.1) is 0 Å². The Labute approximate surface area is 114 Å². The number of aliphatic carboxylic acids is 1. The van der Waals surface area contributed by atoms with Gasteiger partial charge in [0.1, 0.15) is 6.04 Å². The average molecular weight is 261 g/mol. The molecule has 19 heavy (non-hydrogen) atoms. The van der Waals surface area contributed by atoms with E-state index in [0.29, 0.717) is 5.70 Å². The van der Waals surface area contributed by atoms with Crippen LogP contribution in [0.25, 0.3) is 0 Å². The molecule has 0 bridgehead atoms. The molecule has 0 aromatic heterocycles. The number of carbonyl (C=O) groups excluding carboxylic acids is 1. The van der Waals surface area contributed by atoms with Crippen LogP contribution in [0.4, 0.5) is 0 Å². The van der Waals surface area contributed by atoms with Gasteiger partial charge in [-0.3, -0.25) is 9.69 Å². The molecular weight excluding hydrogens is 242 g/mol. The highest BCUT2D eigenvalue weighted by Crippen LogP contribution is 2.12. The number of hydrogen-bond donors (Lipinski definition) is 1. The standard InChI is InChI=1S/C12H15NO3.C3H4/c1-5-8-10(6-2)13(11(14)7-3)9(4)12(15)16;1-3-2/h3,5-6,8-9H,1-2,4H3,(H,15,16);1H,2H3/b8-5-,10-6+;. The van der Waals surface area contributed by atoms with Crippen LogP contribution >= 0.6 is 0 Å². The van der Waals surface area contributed by atoms with E-state index in [0.717, 1.165) is 4.90 Å². The lowest BCUT2D eigenvalue weighted by atomic mass is 10.2. The molecular formula is C15H19NO3. The largest absolute Gasteiger partial charge is 0.480 e. The van der Waals surface area contributed by atoms with Crippen LogP contribution in [0.15, 0.2) is 23.9 Å². The van der Waals surface area contributed by atoms with E-state index in [1.165, 1.54) is 6.92 Å². The van der Waals surface area contributed by atoms with Crippen LogP contribution in [-0.4, -0.2) is 27.9 Å². The lowest BCUT2D eigenvalue weighted by Crippen LogP contribution is -2.41. The van der Waals surface area contributed by atoms with Gasteiger partial charge in [0.15, 0.2) is 0 Å². The second kappa shape index (κ2) is 10.7. The predicted molar refractivity (Wildman–Crippen MR) is 75.9 cm³/mol. The van der Waals surface area contributed by atoms with E-state index in [9.17, 15) is 9.59 Å². The first-order chi connectivity index (χ1) is 8.90. The second-order valence-corrected chi connectivity index (χ2v) is 3.34. The number of hydrogen-bond acceptors (Lipinski definition) is 2. The zero-order valence-electron chi connectivity index (χ0n) is 11.7. The van der Waals surface area contributed by atoms with E-state index in [1.807, 2.05) is 5.92 Å². The summed E-state index contributed by atoms with van der Waals surface area (Å²) in [5.41, 5.74) is 0.473. The molecule has 0 radical (unpaired) electrons. The molecule has 1 N–H and O–H groups in total. The van der Waals surface area contributed by atoms with Crippen LogP contribution in [0, 0.1) is 24.7 Å². The fourth-order valence-corrected chi connectivity index (χ4v) is 1.18. The molecule has 0 rings (SSSR count). The number of rotatable bonds is 4. The number of allylic oxidation sites excluding steroid dienone is 3. The molecule has 0 heterocycles. The van der Waals surface area contributed by atoms with Crippen LogP contribution in [0.3, 0.4) is 0 Å². The van der Waals surface area contributed by atoms with Crippen molar-refractivity contribution in [3.8, 4) is 24.7 Å². The molecule has 1 atom stereocenters. The number of carboxylic acids is 1. The second-order valence-electron chi connectivity index (χ2n) is 3.34. The van der Waals surface area contributed by atoms with Gasteiger partial charge in [-0.15, -0.1) is 18.8 Å². The Morgan fingerprint density at radius 3 is 2.05 bits per heavy atom. The molecule has 4 nitrogen and oxygen atoms in total. The number of carboxylic acid groups (broad SMARTS) is 1. The van der Waals surface area contributed by atoms with Gasteiger partial charge in [0.2, 0.25) is 0 Å². The Bertz CT molecular complexity index is 447. The summed E-state index contributed by atoms with van der Waals surface area (Å²) in [7, 11) is 0. The number of nitrogens with zero attached hydrogens (tertiary/aromatic N) is 1. The minimum atomic E-state index is -1.10. The van der Waals surface area contributed by atoms with Crippen molar-refractivity contribution in [3.05, 3.63) is 23.9 Å². The van der Waals surface area contributed by atoms with Crippen LogP contribution < -0.4 is 0 Å². The van der Waals surface area contributed by atoms with Crippen molar-refractivity contribution < 1.29 is 14.7 Å². The summed E-state index contributed by atoms with van der Waals surface area (Å²) in [5, 5.41) is 8.90. The van der Waals surface area contributed by atoms with Gasteiger partial charge in [-0.1, -0.05) is 12.2 Å². The summed E-state index contributed by atoms with van der Waals surface area (Å²) in [4.78, 5) is 23.4. The molecule has 102 valence electrons. The van der Waals surface area contributed by atoms with E-state index in [4.69, 9.17) is 11.5 Å². The molecule has 0 aliphatic heterocycles. The summed E-state index contributed by atoms with van der Waals surface area (Å²) in [6.45, 7) is 6.54. The van der Waals surface area contributed by atoms with Crippen molar-refractivity contribution in [3.63, 3.8) is 0 Å². The molecule has 0 fully saturated rings. The van der Waals surface area contributed by atoms with Gasteiger partial charge in [-0.25, -0.2) is 4.79 Å². The van der Waals surface area contributed by atoms with Crippen molar-refractivity contribution >= 4 is 11.9 Å². The maximum absolute atomic E-state index is 11.5. The Morgan fingerprint density at radius 1 is 1.32 bits per heavy atom. The van der Waals surface area contributed by atoms with E-state index in [-0.39, 0.29) is 0 Å². The molecule has 0 saturated heterocycles. The molecule has 0 saturated carbocycles. The Kier molecular flexibility index (Phi) is 10.6. The zero-order chi connectivity index (χ0) is 15.4. The maximum Gasteiger partial charge on any atom is 0.326 e. The van der Waals surface area contributed by atoms with Crippen LogP contribution in [0.1, 0.15) is 27.7 Å². The molecule has 1 amide bonds. The van der Waals surface area contributed by atoms with Crippen molar-refractivity contribution in [1.82, 2.24) is 4.90 Å². The SMILES string of the molecule is C#CC.C#CC(=O)N(C(/C=C\C)=C/C)C(C)C(=O)O. The first-order valence-corrected chi connectivity index (χ1v) is 5.60. The smallest absolute Gasteiger partial charge is 0.326 e. The van der Waals surface area contributed by atoms with E-state index in [2.05, 4.69) is 12.3 Å². The summed E-state index contributed by atoms with van der Waals surface area (Å²) < 4.78 is 0. The zero-order valence-corrected chi connectivity index (χ0v) is 11.7. The fourth-order valence-electron chi connectivity index (χ4n) is 1.18. The van der Waals surface area contributed by atoms with Crippen LogP contribution in [0.2, 0.25) is 0 Å². The monoisotopic (exact) mass is 261 g/mol. The molecule has 0 aliphatic rings. The fraction of sp³-hybridized carbons (Fsp3) is 0.333. The van der Waals surface area contributed by atoms with Crippen molar-refractivity contribution in [2.45, 2.75) is 33.7 Å². The summed E-state index contributed by atoms with van der Waals surface area (Å²) in [6.07, 6.45) is 14.6. The van der Waals surface area contributed by atoms with E-state index >= 15 is 0 Å². The first-order valence-electron chi connectivity index (χ1n) is 5.60. The number of terminal acetylenes is 2. The summed E-state index contributed by atoms with van der Waals surface area (Å²) in [6, 6.07) is -0.994. The average Bonchev–Trinajstić information content (AvgIpc) is 2.38. The minimum Gasteiger partial charge on any atom is -0.480 e. The quantitative estimate of drug-likeness (QED) is 0.622. The first kappa shape index (κ1) is 18.9. The topological polar surface area (TPSA) is 57.6 Å². The number of carbonyl (C=O) groups is 2. The molecule has 0 aliphatic carbocycles. The minimum absolute atomic E-state index is 0.473. The third-order valence-corrected chi connectivity index (χ3v) is 2.00. The Balaban J connectivity index is 0. The van der Waals surface area contributed by atoms with Gasteiger partial charge in [-0.05, 0) is 39.7 Å². The molecule has 0 aromatic rings. The van der Waals surface area contributed by atoms with Crippen LogP contribution in [-0.2, 0) is 9.59 Å². The lowest BCUT2D eigenvalue weighted by Gasteiger charge is -2.25.